The first-order valence-corrected chi connectivity index (χ1v) is 9.44. The van der Waals surface area contributed by atoms with Crippen LogP contribution in [0.2, 0.25) is 0 Å². The Kier molecular flexibility index (Phi) is 5.00. The van der Waals surface area contributed by atoms with Gasteiger partial charge in [-0.05, 0) is 37.0 Å². The van der Waals surface area contributed by atoms with Crippen molar-refractivity contribution in [1.82, 2.24) is 15.3 Å². The number of carbonyl (C=O) groups excluding carboxylic acids is 1. The third-order valence-corrected chi connectivity index (χ3v) is 5.29. The maximum atomic E-state index is 12.6. The van der Waals surface area contributed by atoms with E-state index in [-0.39, 0.29) is 11.8 Å². The number of amides is 1. The molecule has 1 atom stereocenters. The lowest BCUT2D eigenvalue weighted by Crippen LogP contribution is -2.45. The second-order valence-corrected chi connectivity index (χ2v) is 6.99. The van der Waals surface area contributed by atoms with Crippen LogP contribution in [0.4, 0.5) is 11.6 Å². The first-order valence-electron chi connectivity index (χ1n) is 9.44. The van der Waals surface area contributed by atoms with Crippen molar-refractivity contribution in [2.24, 2.45) is 5.92 Å². The average molecular weight is 351 g/mol. The second-order valence-electron chi connectivity index (χ2n) is 6.99. The molecular weight excluding hydrogens is 326 g/mol. The van der Waals surface area contributed by atoms with Crippen LogP contribution in [0.3, 0.4) is 0 Å². The molecule has 1 N–H and O–H groups in total. The standard InChI is InChI=1S/C20H25N5O/c26-19(17-6-3-12-25(15-17)20-22-9-4-10-23-20)21-11-14-24-13-8-16-5-1-2-7-18(16)24/h1-2,4-5,7,9-10,17H,3,6,8,11-15H2,(H,21,26)/t17-/m0/s1. The van der Waals surface area contributed by atoms with Gasteiger partial charge < -0.3 is 15.1 Å². The van der Waals surface area contributed by atoms with Gasteiger partial charge in [0.05, 0.1) is 5.92 Å². The molecule has 1 aromatic carbocycles. The van der Waals surface area contributed by atoms with Crippen molar-refractivity contribution in [1.29, 1.82) is 0 Å². The number of rotatable bonds is 5. The van der Waals surface area contributed by atoms with E-state index >= 15 is 0 Å². The fraction of sp³-hybridized carbons (Fsp3) is 0.450. The molecule has 2 aromatic rings. The van der Waals surface area contributed by atoms with E-state index in [1.165, 1.54) is 11.3 Å². The summed E-state index contributed by atoms with van der Waals surface area (Å²) in [5, 5.41) is 3.13. The van der Waals surface area contributed by atoms with Crippen LogP contribution >= 0.6 is 0 Å². The van der Waals surface area contributed by atoms with Gasteiger partial charge in [-0.25, -0.2) is 9.97 Å². The van der Waals surface area contributed by atoms with Gasteiger partial charge in [0, 0.05) is 50.8 Å². The molecule has 0 aliphatic carbocycles. The molecule has 136 valence electrons. The highest BCUT2D eigenvalue weighted by Crippen LogP contribution is 2.26. The van der Waals surface area contributed by atoms with Crippen molar-refractivity contribution in [3.63, 3.8) is 0 Å². The number of para-hydroxylation sites is 1. The maximum absolute atomic E-state index is 12.6. The zero-order valence-corrected chi connectivity index (χ0v) is 15.0. The van der Waals surface area contributed by atoms with Gasteiger partial charge in [-0.2, -0.15) is 0 Å². The molecule has 26 heavy (non-hydrogen) atoms. The molecule has 1 amide bonds. The molecule has 6 heteroatoms. The molecule has 3 heterocycles. The van der Waals surface area contributed by atoms with Crippen LogP contribution in [0.1, 0.15) is 18.4 Å². The van der Waals surface area contributed by atoms with Crippen LogP contribution in [-0.2, 0) is 11.2 Å². The van der Waals surface area contributed by atoms with Crippen molar-refractivity contribution < 1.29 is 4.79 Å². The SMILES string of the molecule is O=C(NCCN1CCc2ccccc21)[C@H]1CCCN(c2ncccn2)C1. The Balaban J connectivity index is 1.27. The Morgan fingerprint density at radius 1 is 1.15 bits per heavy atom. The van der Waals surface area contributed by atoms with Gasteiger partial charge in [0.2, 0.25) is 11.9 Å². The van der Waals surface area contributed by atoms with Gasteiger partial charge in [-0.3, -0.25) is 4.79 Å². The molecule has 0 saturated carbocycles. The number of anilines is 2. The van der Waals surface area contributed by atoms with Crippen LogP contribution in [0.25, 0.3) is 0 Å². The number of hydrogen-bond acceptors (Lipinski definition) is 5. The predicted octanol–water partition coefficient (Wildman–Crippen LogP) is 1.87. The minimum Gasteiger partial charge on any atom is -0.369 e. The number of aromatic nitrogens is 2. The lowest BCUT2D eigenvalue weighted by atomic mass is 9.97. The Labute approximate surface area is 154 Å². The molecule has 2 aliphatic rings. The number of hydrogen-bond donors (Lipinski definition) is 1. The summed E-state index contributed by atoms with van der Waals surface area (Å²) in [6.07, 6.45) is 6.52. The lowest BCUT2D eigenvalue weighted by Gasteiger charge is -2.32. The van der Waals surface area contributed by atoms with Crippen LogP contribution in [0.5, 0.6) is 0 Å². The molecular formula is C20H25N5O. The zero-order chi connectivity index (χ0) is 17.8. The molecule has 0 radical (unpaired) electrons. The van der Waals surface area contributed by atoms with Crippen LogP contribution in [-0.4, -0.2) is 48.6 Å². The van der Waals surface area contributed by atoms with E-state index in [9.17, 15) is 4.79 Å². The normalized spacial score (nSPS) is 19.3. The number of fused-ring (bicyclic) bond motifs is 1. The highest BCUT2D eigenvalue weighted by Gasteiger charge is 2.27. The van der Waals surface area contributed by atoms with Crippen LogP contribution in [0.15, 0.2) is 42.7 Å². The third-order valence-electron chi connectivity index (χ3n) is 5.29. The van der Waals surface area contributed by atoms with Crippen LogP contribution < -0.4 is 15.1 Å². The van der Waals surface area contributed by atoms with E-state index in [1.54, 1.807) is 12.4 Å². The predicted molar refractivity (Wildman–Crippen MR) is 102 cm³/mol. The maximum Gasteiger partial charge on any atom is 0.225 e. The number of nitrogens with one attached hydrogen (secondary N) is 1. The van der Waals surface area contributed by atoms with Gasteiger partial charge >= 0.3 is 0 Å². The minimum atomic E-state index is 0.0124. The summed E-state index contributed by atoms with van der Waals surface area (Å²) in [6, 6.07) is 10.3. The van der Waals surface area contributed by atoms with Gasteiger partial charge in [0.15, 0.2) is 0 Å². The average Bonchev–Trinajstić information content (AvgIpc) is 3.12. The number of benzene rings is 1. The van der Waals surface area contributed by atoms with Crippen molar-refractivity contribution in [3.8, 4) is 0 Å². The summed E-state index contributed by atoms with van der Waals surface area (Å²) in [5.41, 5.74) is 2.72. The summed E-state index contributed by atoms with van der Waals surface area (Å²) in [4.78, 5) is 25.7. The monoisotopic (exact) mass is 351 g/mol. The molecule has 0 unspecified atom stereocenters. The van der Waals surface area contributed by atoms with Crippen LogP contribution in [0, 0.1) is 5.92 Å². The molecule has 6 nitrogen and oxygen atoms in total. The third kappa shape index (κ3) is 3.64. The fourth-order valence-corrected chi connectivity index (χ4v) is 3.92. The molecule has 0 spiro atoms. The van der Waals surface area contributed by atoms with E-state index in [1.807, 2.05) is 6.07 Å². The van der Waals surface area contributed by atoms with Crippen molar-refractivity contribution in [2.45, 2.75) is 19.3 Å². The highest BCUT2D eigenvalue weighted by atomic mass is 16.1. The first kappa shape index (κ1) is 16.8. The Hall–Kier alpha value is -2.63. The number of piperidine rings is 1. The summed E-state index contributed by atoms with van der Waals surface area (Å²) in [7, 11) is 0. The second kappa shape index (κ2) is 7.72. The van der Waals surface area contributed by atoms with Crippen molar-refractivity contribution in [3.05, 3.63) is 48.3 Å². The van der Waals surface area contributed by atoms with E-state index in [2.05, 4.69) is 49.4 Å². The quantitative estimate of drug-likeness (QED) is 0.891. The smallest absolute Gasteiger partial charge is 0.225 e. The summed E-state index contributed by atoms with van der Waals surface area (Å²) in [5.74, 6) is 0.884. The minimum absolute atomic E-state index is 0.0124. The van der Waals surface area contributed by atoms with E-state index in [0.29, 0.717) is 13.1 Å². The molecule has 1 saturated heterocycles. The number of nitrogens with zero attached hydrogens (tertiary/aromatic N) is 4. The van der Waals surface area contributed by atoms with Gasteiger partial charge in [0.25, 0.3) is 0 Å². The summed E-state index contributed by atoms with van der Waals surface area (Å²) >= 11 is 0. The van der Waals surface area contributed by atoms with E-state index < -0.39 is 0 Å². The molecule has 1 fully saturated rings. The lowest BCUT2D eigenvalue weighted by molar-refractivity contribution is -0.125. The molecule has 1 aromatic heterocycles. The zero-order valence-electron chi connectivity index (χ0n) is 15.0. The van der Waals surface area contributed by atoms with Crippen molar-refractivity contribution in [2.75, 3.05) is 42.5 Å². The van der Waals surface area contributed by atoms with E-state index in [0.717, 1.165) is 44.8 Å². The Bertz CT molecular complexity index is 751. The molecule has 4 rings (SSSR count). The fourth-order valence-electron chi connectivity index (χ4n) is 3.92. The van der Waals surface area contributed by atoms with Gasteiger partial charge in [-0.15, -0.1) is 0 Å². The topological polar surface area (TPSA) is 61.4 Å². The molecule has 2 aliphatic heterocycles. The largest absolute Gasteiger partial charge is 0.369 e. The Morgan fingerprint density at radius 3 is 2.88 bits per heavy atom. The van der Waals surface area contributed by atoms with Gasteiger partial charge in [-0.1, -0.05) is 18.2 Å². The highest BCUT2D eigenvalue weighted by molar-refractivity contribution is 5.79. The molecule has 0 bridgehead atoms. The first-order chi connectivity index (χ1) is 12.8. The number of carbonyl (C=O) groups is 1. The summed E-state index contributed by atoms with van der Waals surface area (Å²) < 4.78 is 0. The van der Waals surface area contributed by atoms with Gasteiger partial charge in [0.1, 0.15) is 0 Å². The Morgan fingerprint density at radius 2 is 2.00 bits per heavy atom. The van der Waals surface area contributed by atoms with Crippen molar-refractivity contribution >= 4 is 17.5 Å². The summed E-state index contributed by atoms with van der Waals surface area (Å²) in [6.45, 7) is 4.20. The van der Waals surface area contributed by atoms with E-state index in [4.69, 9.17) is 0 Å².